The number of amides is 3. The van der Waals surface area contributed by atoms with Crippen molar-refractivity contribution in [2.45, 2.75) is 13.8 Å². The van der Waals surface area contributed by atoms with E-state index in [9.17, 15) is 19.2 Å². The Balaban J connectivity index is 1.39. The molecule has 11 heteroatoms. The number of hydrogen-bond donors (Lipinski definition) is 3. The van der Waals surface area contributed by atoms with Gasteiger partial charge in [0.15, 0.2) is 0 Å². The van der Waals surface area contributed by atoms with Crippen molar-refractivity contribution in [3.8, 4) is 11.5 Å². The first-order chi connectivity index (χ1) is 20.7. The third kappa shape index (κ3) is 8.60. The van der Waals surface area contributed by atoms with Crippen LogP contribution in [0, 0.1) is 6.92 Å². The first-order valence-corrected chi connectivity index (χ1v) is 13.9. The highest BCUT2D eigenvalue weighted by Gasteiger charge is 2.18. The van der Waals surface area contributed by atoms with Gasteiger partial charge in [0.2, 0.25) is 0 Å². The summed E-state index contributed by atoms with van der Waals surface area (Å²) in [6, 6.07) is 24.9. The smallest absolute Gasteiger partial charge is 0.343 e. The van der Waals surface area contributed by atoms with Gasteiger partial charge in [-0.05, 0) is 80.6 Å². The standard InChI is InChI=1S/C32H27BrN4O6/c1-3-42-25-15-13-24(14-16-25)35-29(38)26-6-4-5-7-27(26)36-30(39)31(40)37-34-19-22-18-23(33)12-17-28(22)43-32(41)21-10-8-20(2)9-11-21/h4-19H,3H2,1-2H3,(H,35,38)(H,36,39)(H,37,40)/b34-19+. The SMILES string of the molecule is CCOc1ccc(NC(=O)c2ccccc2NC(=O)C(=O)N/N=C/c2cc(Br)ccc2OC(=O)c2ccc(C)cc2)cc1. The molecular formula is C32H27BrN4O6. The van der Waals surface area contributed by atoms with E-state index in [4.69, 9.17) is 9.47 Å². The molecule has 218 valence electrons. The lowest BCUT2D eigenvalue weighted by molar-refractivity contribution is -0.136. The summed E-state index contributed by atoms with van der Waals surface area (Å²) in [5.74, 6) is -2.30. The minimum absolute atomic E-state index is 0.132. The van der Waals surface area contributed by atoms with Crippen molar-refractivity contribution >= 4 is 57.2 Å². The number of nitrogens with one attached hydrogen (secondary N) is 3. The van der Waals surface area contributed by atoms with Gasteiger partial charge in [0.1, 0.15) is 11.5 Å². The number of halogens is 1. The Morgan fingerprint density at radius 2 is 1.58 bits per heavy atom. The number of esters is 1. The van der Waals surface area contributed by atoms with E-state index in [0.29, 0.717) is 33.6 Å². The summed E-state index contributed by atoms with van der Waals surface area (Å²) in [6.07, 6.45) is 1.24. The van der Waals surface area contributed by atoms with Crippen LogP contribution in [0.25, 0.3) is 0 Å². The van der Waals surface area contributed by atoms with Crippen LogP contribution in [-0.2, 0) is 9.59 Å². The summed E-state index contributed by atoms with van der Waals surface area (Å²) in [4.78, 5) is 50.6. The summed E-state index contributed by atoms with van der Waals surface area (Å²) in [5, 5.41) is 9.03. The molecule has 0 atom stereocenters. The normalized spacial score (nSPS) is 10.6. The van der Waals surface area contributed by atoms with E-state index in [1.54, 1.807) is 78.9 Å². The largest absolute Gasteiger partial charge is 0.494 e. The monoisotopic (exact) mass is 642 g/mol. The van der Waals surface area contributed by atoms with Crippen molar-refractivity contribution in [1.82, 2.24) is 5.43 Å². The highest BCUT2D eigenvalue weighted by atomic mass is 79.9. The number of hydrogen-bond acceptors (Lipinski definition) is 7. The molecule has 0 aromatic heterocycles. The Kier molecular flexibility index (Phi) is 10.4. The lowest BCUT2D eigenvalue weighted by Gasteiger charge is -2.11. The summed E-state index contributed by atoms with van der Waals surface area (Å²) in [7, 11) is 0. The maximum Gasteiger partial charge on any atom is 0.343 e. The Morgan fingerprint density at radius 3 is 2.30 bits per heavy atom. The molecule has 0 fully saturated rings. The molecule has 0 unspecified atom stereocenters. The first-order valence-electron chi connectivity index (χ1n) is 13.1. The second-order valence-electron chi connectivity index (χ2n) is 9.05. The fraction of sp³-hybridized carbons (Fsp3) is 0.0938. The summed E-state index contributed by atoms with van der Waals surface area (Å²) in [6.45, 7) is 4.30. The second-order valence-corrected chi connectivity index (χ2v) is 9.96. The van der Waals surface area contributed by atoms with Gasteiger partial charge in [0.25, 0.3) is 5.91 Å². The highest BCUT2D eigenvalue weighted by Crippen LogP contribution is 2.23. The van der Waals surface area contributed by atoms with Crippen molar-refractivity contribution < 1.29 is 28.7 Å². The molecule has 0 radical (unpaired) electrons. The molecule has 4 aromatic carbocycles. The molecule has 3 N–H and O–H groups in total. The number of aryl methyl sites for hydroxylation is 1. The van der Waals surface area contributed by atoms with Gasteiger partial charge in [0, 0.05) is 15.7 Å². The number of ether oxygens (including phenoxy) is 2. The molecule has 0 spiro atoms. The Morgan fingerprint density at radius 1 is 0.860 bits per heavy atom. The number of nitrogens with zero attached hydrogens (tertiary/aromatic N) is 1. The van der Waals surface area contributed by atoms with E-state index in [1.165, 1.54) is 18.3 Å². The van der Waals surface area contributed by atoms with Gasteiger partial charge in [-0.1, -0.05) is 45.8 Å². The third-order valence-corrected chi connectivity index (χ3v) is 6.37. The number of para-hydroxylation sites is 1. The van der Waals surface area contributed by atoms with E-state index in [1.807, 2.05) is 13.8 Å². The summed E-state index contributed by atoms with van der Waals surface area (Å²) in [5.41, 5.74) is 4.69. The van der Waals surface area contributed by atoms with E-state index in [0.717, 1.165) is 5.56 Å². The second kappa shape index (κ2) is 14.6. The highest BCUT2D eigenvalue weighted by molar-refractivity contribution is 9.10. The molecule has 0 aliphatic rings. The number of anilines is 2. The van der Waals surface area contributed by atoms with Crippen molar-refractivity contribution in [3.63, 3.8) is 0 Å². The number of hydrazone groups is 1. The molecule has 0 heterocycles. The zero-order valence-electron chi connectivity index (χ0n) is 23.2. The number of carbonyl (C=O) groups is 4. The minimum atomic E-state index is -1.08. The average Bonchev–Trinajstić information content (AvgIpc) is 3.00. The summed E-state index contributed by atoms with van der Waals surface area (Å²) >= 11 is 3.35. The van der Waals surface area contributed by atoms with Gasteiger partial charge in [-0.15, -0.1) is 0 Å². The molecule has 0 bridgehead atoms. The van der Waals surface area contributed by atoms with Gasteiger partial charge in [-0.2, -0.15) is 5.10 Å². The zero-order chi connectivity index (χ0) is 30.8. The number of carbonyl (C=O) groups excluding carboxylic acids is 4. The van der Waals surface area contributed by atoms with Crippen LogP contribution in [0.2, 0.25) is 0 Å². The van der Waals surface area contributed by atoms with Crippen molar-refractivity contribution in [3.05, 3.63) is 118 Å². The molecule has 0 aliphatic heterocycles. The van der Waals surface area contributed by atoms with Crippen LogP contribution < -0.4 is 25.5 Å². The van der Waals surface area contributed by atoms with E-state index >= 15 is 0 Å². The van der Waals surface area contributed by atoms with Gasteiger partial charge >= 0.3 is 17.8 Å². The fourth-order valence-corrected chi connectivity index (χ4v) is 4.12. The van der Waals surface area contributed by atoms with Crippen LogP contribution in [0.5, 0.6) is 11.5 Å². The third-order valence-electron chi connectivity index (χ3n) is 5.88. The topological polar surface area (TPSA) is 135 Å². The van der Waals surface area contributed by atoms with Gasteiger partial charge in [0.05, 0.1) is 29.6 Å². The lowest BCUT2D eigenvalue weighted by atomic mass is 10.1. The predicted octanol–water partition coefficient (Wildman–Crippen LogP) is 5.72. The van der Waals surface area contributed by atoms with Crippen LogP contribution in [0.15, 0.2) is 101 Å². The molecule has 4 rings (SSSR count). The Bertz CT molecular complexity index is 1670. The van der Waals surface area contributed by atoms with Gasteiger partial charge < -0.3 is 20.1 Å². The van der Waals surface area contributed by atoms with E-state index < -0.39 is 23.7 Å². The predicted molar refractivity (Wildman–Crippen MR) is 167 cm³/mol. The van der Waals surface area contributed by atoms with Crippen LogP contribution >= 0.6 is 15.9 Å². The Hall–Kier alpha value is -5.29. The lowest BCUT2D eigenvalue weighted by Crippen LogP contribution is -2.33. The van der Waals surface area contributed by atoms with Crippen molar-refractivity contribution in [1.29, 1.82) is 0 Å². The van der Waals surface area contributed by atoms with Gasteiger partial charge in [-0.3, -0.25) is 14.4 Å². The maximum absolute atomic E-state index is 12.9. The maximum atomic E-state index is 12.9. The average molecular weight is 643 g/mol. The van der Waals surface area contributed by atoms with Crippen LogP contribution in [0.4, 0.5) is 11.4 Å². The van der Waals surface area contributed by atoms with Gasteiger partial charge in [-0.25, -0.2) is 10.2 Å². The molecule has 43 heavy (non-hydrogen) atoms. The zero-order valence-corrected chi connectivity index (χ0v) is 24.8. The summed E-state index contributed by atoms with van der Waals surface area (Å²) < 4.78 is 11.6. The fourth-order valence-electron chi connectivity index (χ4n) is 3.74. The first kappa shape index (κ1) is 30.7. The van der Waals surface area contributed by atoms with E-state index in [2.05, 4.69) is 37.1 Å². The number of benzene rings is 4. The van der Waals surface area contributed by atoms with Crippen LogP contribution in [0.3, 0.4) is 0 Å². The minimum Gasteiger partial charge on any atom is -0.494 e. The molecule has 0 saturated carbocycles. The molecule has 4 aromatic rings. The number of rotatable bonds is 9. The quantitative estimate of drug-likeness (QED) is 0.0703. The van der Waals surface area contributed by atoms with Crippen molar-refractivity contribution in [2.75, 3.05) is 17.2 Å². The van der Waals surface area contributed by atoms with E-state index in [-0.39, 0.29) is 17.0 Å². The Labute approximate surface area is 256 Å². The molecule has 0 aliphatic carbocycles. The molecule has 3 amide bonds. The van der Waals surface area contributed by atoms with Crippen molar-refractivity contribution in [2.24, 2.45) is 5.10 Å². The van der Waals surface area contributed by atoms with Crippen LogP contribution in [-0.4, -0.2) is 36.5 Å². The molecular weight excluding hydrogens is 616 g/mol. The van der Waals surface area contributed by atoms with Crippen LogP contribution in [0.1, 0.15) is 38.8 Å². The molecule has 0 saturated heterocycles. The molecule has 10 nitrogen and oxygen atoms in total.